The summed E-state index contributed by atoms with van der Waals surface area (Å²) in [4.78, 5) is 30.2. The first-order valence-corrected chi connectivity index (χ1v) is 9.11. The summed E-state index contributed by atoms with van der Waals surface area (Å²) in [6.45, 7) is 5.04. The van der Waals surface area contributed by atoms with Gasteiger partial charge in [0.2, 0.25) is 17.5 Å². The van der Waals surface area contributed by atoms with E-state index in [1.807, 2.05) is 5.32 Å². The average Bonchev–Trinajstić information content (AvgIpc) is 2.52. The Hall–Kier alpha value is -2.41. The van der Waals surface area contributed by atoms with Gasteiger partial charge in [0.05, 0.1) is 0 Å². The van der Waals surface area contributed by atoms with Crippen LogP contribution in [0.25, 0.3) is 0 Å². The van der Waals surface area contributed by atoms with Gasteiger partial charge in [-0.3, -0.25) is 14.6 Å². The van der Waals surface area contributed by atoms with E-state index >= 15 is 0 Å². The van der Waals surface area contributed by atoms with Crippen LogP contribution in [-0.4, -0.2) is 96.7 Å². The van der Waals surface area contributed by atoms with Gasteiger partial charge in [-0.25, -0.2) is 0 Å². The monoisotopic (exact) mass is 465 g/mol. The normalized spacial score (nSPS) is 24.6. The van der Waals surface area contributed by atoms with Gasteiger partial charge in [0, 0.05) is 12.0 Å². The Morgan fingerprint density at radius 1 is 1.09 bits per heavy atom. The van der Waals surface area contributed by atoms with Gasteiger partial charge in [-0.2, -0.15) is 4.98 Å². The molecule has 1 amide bonds. The SMILES string of the molecule is CC(C)(C)Nc1nc(NC2C(O)(O)CC(C(O)(O)O)C(O)(O)C2(O)O)c(C(N)=O)c(=O)[nH]1. The van der Waals surface area contributed by atoms with Crippen molar-refractivity contribution in [1.29, 1.82) is 0 Å². The molecular weight excluding hydrogens is 438 g/mol. The molecule has 1 aliphatic carbocycles. The fraction of sp³-hybridized carbons (Fsp3) is 0.688. The van der Waals surface area contributed by atoms with Crippen LogP contribution in [0.15, 0.2) is 4.79 Å². The molecule has 0 aliphatic heterocycles. The number of aliphatic hydroxyl groups is 9. The van der Waals surface area contributed by atoms with Crippen LogP contribution in [0.4, 0.5) is 11.8 Å². The van der Waals surface area contributed by atoms with Crippen molar-refractivity contribution in [2.24, 2.45) is 11.7 Å². The third-order valence-corrected chi connectivity index (χ3v) is 4.80. The number of aromatic nitrogens is 2. The van der Waals surface area contributed by atoms with Gasteiger partial charge in [0.1, 0.15) is 23.3 Å². The lowest BCUT2D eigenvalue weighted by atomic mass is 9.71. The van der Waals surface area contributed by atoms with E-state index in [9.17, 15) is 55.5 Å². The second-order valence-electron chi connectivity index (χ2n) is 8.73. The van der Waals surface area contributed by atoms with E-state index in [0.29, 0.717) is 0 Å². The largest absolute Gasteiger partial charge is 0.365 e. The van der Waals surface area contributed by atoms with Crippen LogP contribution in [0, 0.1) is 5.92 Å². The molecule has 16 heteroatoms. The Morgan fingerprint density at radius 3 is 2.06 bits per heavy atom. The van der Waals surface area contributed by atoms with Crippen LogP contribution >= 0.6 is 0 Å². The van der Waals surface area contributed by atoms with Gasteiger partial charge in [0.25, 0.3) is 17.4 Å². The van der Waals surface area contributed by atoms with Crippen molar-refractivity contribution in [3.05, 3.63) is 15.9 Å². The first-order chi connectivity index (χ1) is 14.1. The molecule has 0 radical (unpaired) electrons. The number of hydrogen-bond acceptors (Lipinski definition) is 14. The van der Waals surface area contributed by atoms with Gasteiger partial charge >= 0.3 is 0 Å². The molecule has 14 N–H and O–H groups in total. The van der Waals surface area contributed by atoms with Crippen LogP contribution in [0.3, 0.4) is 0 Å². The highest BCUT2D eigenvalue weighted by atomic mass is 16.7. The summed E-state index contributed by atoms with van der Waals surface area (Å²) in [6, 6.07) is -2.65. The molecule has 32 heavy (non-hydrogen) atoms. The lowest BCUT2D eigenvalue weighted by Gasteiger charge is -2.54. The van der Waals surface area contributed by atoms with Crippen molar-refractivity contribution >= 4 is 17.7 Å². The van der Waals surface area contributed by atoms with Gasteiger partial charge in [-0.1, -0.05) is 0 Å². The second kappa shape index (κ2) is 7.58. The summed E-state index contributed by atoms with van der Waals surface area (Å²) in [6.07, 6.45) is -1.45. The van der Waals surface area contributed by atoms with E-state index in [0.717, 1.165) is 0 Å². The van der Waals surface area contributed by atoms with E-state index in [4.69, 9.17) is 5.73 Å². The molecule has 1 aliphatic rings. The smallest absolute Gasteiger partial charge is 0.284 e. The fourth-order valence-corrected chi connectivity index (χ4v) is 3.33. The van der Waals surface area contributed by atoms with Crippen molar-refractivity contribution in [3.63, 3.8) is 0 Å². The van der Waals surface area contributed by atoms with E-state index in [1.165, 1.54) is 0 Å². The molecule has 1 heterocycles. The fourth-order valence-electron chi connectivity index (χ4n) is 3.33. The molecule has 1 aromatic rings. The van der Waals surface area contributed by atoms with E-state index in [1.54, 1.807) is 20.8 Å². The third kappa shape index (κ3) is 4.68. The van der Waals surface area contributed by atoms with E-state index in [-0.39, 0.29) is 5.95 Å². The molecule has 1 aromatic heterocycles. The number of amides is 1. The molecular formula is C16H27N5O11. The number of nitrogens with zero attached hydrogens (tertiary/aromatic N) is 1. The highest BCUT2D eigenvalue weighted by molar-refractivity contribution is 5.97. The van der Waals surface area contributed by atoms with Gasteiger partial charge in [-0.05, 0) is 20.8 Å². The Bertz CT molecular complexity index is 945. The molecule has 0 bridgehead atoms. The number of H-pyrrole nitrogens is 1. The van der Waals surface area contributed by atoms with Crippen LogP contribution in [0.1, 0.15) is 37.6 Å². The summed E-state index contributed by atoms with van der Waals surface area (Å²) >= 11 is 0. The standard InChI is InChI=1S/C16H27N5O11/c1-12(2,3)21-11-19-8(6(7(17)22)9(23)20-11)18-10-13(24,25)4-5(16(30,31)32)14(26,27)15(10,28)29/h5,10,24-32H,4H2,1-3H3,(H2,17,22)(H3,18,19,20,21,23). The maximum Gasteiger partial charge on any atom is 0.284 e. The predicted molar refractivity (Wildman–Crippen MR) is 103 cm³/mol. The number of carbonyl (C=O) groups is 1. The molecule has 2 unspecified atom stereocenters. The zero-order valence-corrected chi connectivity index (χ0v) is 17.2. The lowest BCUT2D eigenvalue weighted by Crippen LogP contribution is -2.79. The summed E-state index contributed by atoms with van der Waals surface area (Å²) in [7, 11) is 0. The molecule has 0 aromatic carbocycles. The number of hydrogen-bond donors (Lipinski definition) is 13. The first-order valence-electron chi connectivity index (χ1n) is 9.11. The molecule has 16 nitrogen and oxygen atoms in total. The summed E-state index contributed by atoms with van der Waals surface area (Å²) in [5.41, 5.74) is 2.48. The lowest BCUT2D eigenvalue weighted by molar-refractivity contribution is -0.483. The highest BCUT2D eigenvalue weighted by Crippen LogP contribution is 2.46. The van der Waals surface area contributed by atoms with E-state index in [2.05, 4.69) is 15.3 Å². The van der Waals surface area contributed by atoms with Crippen molar-refractivity contribution in [2.45, 2.75) is 62.1 Å². The van der Waals surface area contributed by atoms with Gasteiger partial charge < -0.3 is 62.3 Å². The number of nitrogens with two attached hydrogens (primary N) is 1. The third-order valence-electron chi connectivity index (χ3n) is 4.80. The second-order valence-corrected chi connectivity index (χ2v) is 8.73. The van der Waals surface area contributed by atoms with Crippen LogP contribution < -0.4 is 21.9 Å². The highest BCUT2D eigenvalue weighted by Gasteiger charge is 2.72. The Morgan fingerprint density at radius 2 is 1.62 bits per heavy atom. The first kappa shape index (κ1) is 25.8. The quantitative estimate of drug-likeness (QED) is 0.181. The number of anilines is 2. The molecule has 2 atom stereocenters. The number of rotatable bonds is 5. The zero-order valence-electron chi connectivity index (χ0n) is 17.2. The number of aromatic amines is 1. The van der Waals surface area contributed by atoms with Gasteiger partial charge in [0.15, 0.2) is 5.79 Å². The van der Waals surface area contributed by atoms with Crippen molar-refractivity contribution in [3.8, 4) is 0 Å². The topological polar surface area (TPSA) is 295 Å². The maximum atomic E-state index is 12.3. The molecule has 1 fully saturated rings. The van der Waals surface area contributed by atoms with Crippen molar-refractivity contribution < 1.29 is 50.8 Å². The predicted octanol–water partition coefficient (Wildman–Crippen LogP) is -5.45. The van der Waals surface area contributed by atoms with Crippen LogP contribution in [0.5, 0.6) is 0 Å². The Labute approximate surface area is 179 Å². The number of primary amides is 1. The Kier molecular flexibility index (Phi) is 6.12. The molecule has 182 valence electrons. The van der Waals surface area contributed by atoms with E-state index < -0.39 is 70.1 Å². The summed E-state index contributed by atoms with van der Waals surface area (Å²) < 4.78 is 0. The minimum atomic E-state index is -4.05. The minimum Gasteiger partial charge on any atom is -0.365 e. The summed E-state index contributed by atoms with van der Waals surface area (Å²) in [5.74, 6) is -20.6. The Balaban J connectivity index is 2.64. The average molecular weight is 465 g/mol. The number of carbonyl (C=O) groups excluding carboxylic acids is 1. The van der Waals surface area contributed by atoms with Crippen LogP contribution in [0.2, 0.25) is 0 Å². The number of nitrogens with one attached hydrogen (secondary N) is 3. The van der Waals surface area contributed by atoms with Crippen molar-refractivity contribution in [2.75, 3.05) is 10.6 Å². The molecule has 2 rings (SSSR count). The minimum absolute atomic E-state index is 0.258. The molecule has 0 spiro atoms. The van der Waals surface area contributed by atoms with Gasteiger partial charge in [-0.15, -0.1) is 0 Å². The van der Waals surface area contributed by atoms with Crippen molar-refractivity contribution in [1.82, 2.24) is 9.97 Å². The maximum absolute atomic E-state index is 12.3. The summed E-state index contributed by atoms with van der Waals surface area (Å²) in [5, 5.41) is 94.3. The zero-order chi connectivity index (χ0) is 25.1. The molecule has 0 saturated heterocycles. The molecule has 1 saturated carbocycles. The van der Waals surface area contributed by atoms with Crippen LogP contribution in [-0.2, 0) is 0 Å².